The van der Waals surface area contributed by atoms with E-state index in [1.54, 1.807) is 24.3 Å². The lowest BCUT2D eigenvalue weighted by Gasteiger charge is -2.26. The number of likely N-dealkylation sites (tertiary alicyclic amines) is 1. The fraction of sp³-hybridized carbons (Fsp3) is 0.440. The second kappa shape index (κ2) is 11.1. The molecule has 2 aliphatic heterocycles. The molecular weight excluding hydrogens is 454 g/mol. The molecule has 2 aromatic carbocycles. The van der Waals surface area contributed by atoms with Crippen LogP contribution in [-0.2, 0) is 37.2 Å². The van der Waals surface area contributed by atoms with E-state index < -0.39 is 10.0 Å². The van der Waals surface area contributed by atoms with Crippen LogP contribution in [0, 0.1) is 0 Å². The van der Waals surface area contributed by atoms with Gasteiger partial charge in [0, 0.05) is 38.3 Å². The zero-order chi connectivity index (χ0) is 24.0. The highest BCUT2D eigenvalue weighted by molar-refractivity contribution is 7.89. The predicted molar refractivity (Wildman–Crippen MR) is 129 cm³/mol. The number of morpholine rings is 1. The van der Waals surface area contributed by atoms with Crippen LogP contribution in [0.5, 0.6) is 0 Å². The van der Waals surface area contributed by atoms with E-state index in [0.29, 0.717) is 44.8 Å². The number of rotatable bonds is 8. The number of aryl methyl sites for hydroxylation is 1. The molecule has 0 spiro atoms. The summed E-state index contributed by atoms with van der Waals surface area (Å²) < 4.78 is 32.1. The molecule has 182 valence electrons. The molecule has 0 aromatic heterocycles. The lowest BCUT2D eigenvalue weighted by Crippen LogP contribution is -2.40. The average Bonchev–Trinajstić information content (AvgIpc) is 3.40. The SMILES string of the molecule is O=C(CCc1ccc(S(=O)(=O)N2CCOCC2)cc1)Nc1ccc(CC(=O)N2CCCC2)cc1. The van der Waals surface area contributed by atoms with Gasteiger partial charge in [0.05, 0.1) is 24.5 Å². The first-order valence-electron chi connectivity index (χ1n) is 11.8. The number of carbonyl (C=O) groups is 2. The number of hydrogen-bond acceptors (Lipinski definition) is 5. The third-order valence-electron chi connectivity index (χ3n) is 6.22. The van der Waals surface area contributed by atoms with Gasteiger partial charge in [0.15, 0.2) is 0 Å². The summed E-state index contributed by atoms with van der Waals surface area (Å²) >= 11 is 0. The second-order valence-corrected chi connectivity index (χ2v) is 10.6. The number of anilines is 1. The minimum Gasteiger partial charge on any atom is -0.379 e. The minimum atomic E-state index is -3.52. The number of carbonyl (C=O) groups excluding carboxylic acids is 2. The molecule has 0 bridgehead atoms. The van der Waals surface area contributed by atoms with Crippen LogP contribution in [-0.4, -0.2) is 68.8 Å². The molecular formula is C25H31N3O5S. The Kier molecular flexibility index (Phi) is 7.97. The van der Waals surface area contributed by atoms with Crippen molar-refractivity contribution < 1.29 is 22.7 Å². The van der Waals surface area contributed by atoms with Crippen molar-refractivity contribution in [1.29, 1.82) is 0 Å². The second-order valence-electron chi connectivity index (χ2n) is 8.67. The maximum absolute atomic E-state index is 12.7. The van der Waals surface area contributed by atoms with Crippen LogP contribution >= 0.6 is 0 Å². The van der Waals surface area contributed by atoms with Crippen molar-refractivity contribution in [2.24, 2.45) is 0 Å². The van der Waals surface area contributed by atoms with Gasteiger partial charge < -0.3 is 15.0 Å². The summed E-state index contributed by atoms with van der Waals surface area (Å²) in [6, 6.07) is 14.1. The van der Waals surface area contributed by atoms with Crippen molar-refractivity contribution in [3.05, 3.63) is 59.7 Å². The van der Waals surface area contributed by atoms with Crippen LogP contribution in [0.15, 0.2) is 53.4 Å². The lowest BCUT2D eigenvalue weighted by atomic mass is 10.1. The van der Waals surface area contributed by atoms with Crippen molar-refractivity contribution in [3.63, 3.8) is 0 Å². The van der Waals surface area contributed by atoms with Crippen LogP contribution in [0.3, 0.4) is 0 Å². The van der Waals surface area contributed by atoms with E-state index in [1.807, 2.05) is 29.2 Å². The summed E-state index contributed by atoms with van der Waals surface area (Å²) in [6.45, 7) is 3.23. The van der Waals surface area contributed by atoms with Gasteiger partial charge in [0.25, 0.3) is 0 Å². The Balaban J connectivity index is 1.24. The fourth-order valence-electron chi connectivity index (χ4n) is 4.20. The Labute approximate surface area is 200 Å². The molecule has 2 fully saturated rings. The Morgan fingerprint density at radius 2 is 1.47 bits per heavy atom. The molecule has 1 N–H and O–H groups in total. The zero-order valence-electron chi connectivity index (χ0n) is 19.2. The zero-order valence-corrected chi connectivity index (χ0v) is 20.1. The summed E-state index contributed by atoms with van der Waals surface area (Å²) in [4.78, 5) is 26.8. The molecule has 0 aliphatic carbocycles. The quantitative estimate of drug-likeness (QED) is 0.620. The van der Waals surface area contributed by atoms with Crippen molar-refractivity contribution in [1.82, 2.24) is 9.21 Å². The van der Waals surface area contributed by atoms with E-state index in [9.17, 15) is 18.0 Å². The molecule has 0 atom stereocenters. The van der Waals surface area contributed by atoms with Crippen LogP contribution < -0.4 is 5.32 Å². The molecule has 8 nitrogen and oxygen atoms in total. The van der Waals surface area contributed by atoms with Crippen LogP contribution in [0.25, 0.3) is 0 Å². The molecule has 9 heteroatoms. The number of benzene rings is 2. The molecule has 2 aromatic rings. The summed E-state index contributed by atoms with van der Waals surface area (Å²) in [7, 11) is -3.52. The third-order valence-corrected chi connectivity index (χ3v) is 8.14. The Morgan fingerprint density at radius 1 is 0.853 bits per heavy atom. The van der Waals surface area contributed by atoms with E-state index in [-0.39, 0.29) is 23.1 Å². The molecule has 4 rings (SSSR count). The summed E-state index contributed by atoms with van der Waals surface area (Å²) in [6.07, 6.45) is 3.32. The van der Waals surface area contributed by atoms with Crippen molar-refractivity contribution in [3.8, 4) is 0 Å². The smallest absolute Gasteiger partial charge is 0.243 e. The number of nitrogens with zero attached hydrogens (tertiary/aromatic N) is 2. The van der Waals surface area contributed by atoms with Crippen molar-refractivity contribution >= 4 is 27.5 Å². The van der Waals surface area contributed by atoms with Gasteiger partial charge in [-0.1, -0.05) is 24.3 Å². The Hall–Kier alpha value is -2.75. The average molecular weight is 486 g/mol. The summed E-state index contributed by atoms with van der Waals surface area (Å²) in [5.74, 6) is 0.0314. The molecule has 34 heavy (non-hydrogen) atoms. The fourth-order valence-corrected chi connectivity index (χ4v) is 5.61. The number of sulfonamides is 1. The number of hydrogen-bond donors (Lipinski definition) is 1. The van der Waals surface area contributed by atoms with E-state index in [1.165, 1.54) is 4.31 Å². The summed E-state index contributed by atoms with van der Waals surface area (Å²) in [5, 5.41) is 2.88. The van der Waals surface area contributed by atoms with Crippen LogP contribution in [0.2, 0.25) is 0 Å². The monoisotopic (exact) mass is 485 g/mol. The van der Waals surface area contributed by atoms with Gasteiger partial charge in [-0.2, -0.15) is 4.31 Å². The maximum Gasteiger partial charge on any atom is 0.243 e. The predicted octanol–water partition coefficient (Wildman–Crippen LogP) is 2.44. The van der Waals surface area contributed by atoms with Crippen LogP contribution in [0.4, 0.5) is 5.69 Å². The van der Waals surface area contributed by atoms with E-state index in [0.717, 1.165) is 37.1 Å². The summed E-state index contributed by atoms with van der Waals surface area (Å²) in [5.41, 5.74) is 2.52. The number of amides is 2. The maximum atomic E-state index is 12.7. The minimum absolute atomic E-state index is 0.120. The van der Waals surface area contributed by atoms with Gasteiger partial charge in [0.2, 0.25) is 21.8 Å². The number of ether oxygens (including phenoxy) is 1. The topological polar surface area (TPSA) is 96.0 Å². The first-order chi connectivity index (χ1) is 16.4. The highest BCUT2D eigenvalue weighted by atomic mass is 32.2. The van der Waals surface area contributed by atoms with Crippen molar-refractivity contribution in [2.45, 2.75) is 37.0 Å². The standard InChI is InChI=1S/C25H31N3O5S/c29-24(26-22-8-3-21(4-9-22)19-25(30)27-13-1-2-14-27)12-7-20-5-10-23(11-6-20)34(31,32)28-15-17-33-18-16-28/h3-6,8-11H,1-2,7,12-19H2,(H,26,29). The van der Waals surface area contributed by atoms with Crippen molar-refractivity contribution in [2.75, 3.05) is 44.7 Å². The van der Waals surface area contributed by atoms with Gasteiger partial charge in [0.1, 0.15) is 0 Å². The lowest BCUT2D eigenvalue weighted by molar-refractivity contribution is -0.129. The van der Waals surface area contributed by atoms with Gasteiger partial charge in [-0.05, 0) is 54.7 Å². The molecule has 2 aliphatic rings. The van der Waals surface area contributed by atoms with E-state index >= 15 is 0 Å². The molecule has 0 unspecified atom stereocenters. The Bertz CT molecular complexity index is 1090. The molecule has 2 amide bonds. The van der Waals surface area contributed by atoms with Crippen LogP contribution in [0.1, 0.15) is 30.4 Å². The van der Waals surface area contributed by atoms with Gasteiger partial charge in [-0.25, -0.2) is 8.42 Å². The van der Waals surface area contributed by atoms with Gasteiger partial charge in [-0.15, -0.1) is 0 Å². The largest absolute Gasteiger partial charge is 0.379 e. The first-order valence-corrected chi connectivity index (χ1v) is 13.2. The Morgan fingerprint density at radius 3 is 2.12 bits per heavy atom. The van der Waals surface area contributed by atoms with Gasteiger partial charge >= 0.3 is 0 Å². The van der Waals surface area contributed by atoms with Gasteiger partial charge in [-0.3, -0.25) is 9.59 Å². The third kappa shape index (κ3) is 6.22. The molecule has 0 saturated carbocycles. The van der Waals surface area contributed by atoms with E-state index in [4.69, 9.17) is 4.74 Å². The van der Waals surface area contributed by atoms with E-state index in [2.05, 4.69) is 5.32 Å². The first kappa shape index (κ1) is 24.4. The molecule has 2 saturated heterocycles. The number of nitrogens with one attached hydrogen (secondary N) is 1. The molecule has 2 heterocycles. The normalized spacial score (nSPS) is 17.0. The highest BCUT2D eigenvalue weighted by Gasteiger charge is 2.26. The molecule has 0 radical (unpaired) electrons. The highest BCUT2D eigenvalue weighted by Crippen LogP contribution is 2.19.